The Kier molecular flexibility index (Phi) is 3.32. The van der Waals surface area contributed by atoms with Gasteiger partial charge in [-0.3, -0.25) is 0 Å². The van der Waals surface area contributed by atoms with E-state index in [1.807, 2.05) is 12.1 Å². The van der Waals surface area contributed by atoms with Crippen molar-refractivity contribution in [2.75, 3.05) is 0 Å². The van der Waals surface area contributed by atoms with Gasteiger partial charge in [0.15, 0.2) is 9.84 Å². The maximum atomic E-state index is 12.6. The maximum absolute atomic E-state index is 12.6. The van der Waals surface area contributed by atoms with Crippen LogP contribution in [0.5, 0.6) is 0 Å². The summed E-state index contributed by atoms with van der Waals surface area (Å²) in [7, 11) is -3.39. The van der Waals surface area contributed by atoms with Crippen LogP contribution in [0.2, 0.25) is 5.02 Å². The van der Waals surface area contributed by atoms with Crippen LogP contribution in [0.25, 0.3) is 0 Å². The van der Waals surface area contributed by atoms with Crippen LogP contribution in [0.4, 0.5) is 0 Å². The Bertz CT molecular complexity index is 731. The zero-order valence-electron chi connectivity index (χ0n) is 10.6. The Morgan fingerprint density at radius 1 is 1.00 bits per heavy atom. The van der Waals surface area contributed by atoms with E-state index in [9.17, 15) is 8.42 Å². The second-order valence-corrected chi connectivity index (χ2v) is 7.52. The molecule has 3 atom stereocenters. The van der Waals surface area contributed by atoms with E-state index >= 15 is 0 Å². The summed E-state index contributed by atoms with van der Waals surface area (Å²) in [5, 5.41) is 0.0285. The molecule has 1 saturated carbocycles. The number of halogens is 1. The molecule has 1 aliphatic rings. The fourth-order valence-corrected chi connectivity index (χ4v) is 4.86. The minimum atomic E-state index is -3.39. The fourth-order valence-electron chi connectivity index (χ4n) is 2.60. The Morgan fingerprint density at radius 3 is 2.35 bits per heavy atom. The summed E-state index contributed by atoms with van der Waals surface area (Å²) in [6.07, 6.45) is 0. The lowest BCUT2D eigenvalue weighted by molar-refractivity contribution is 0.593. The smallest absolute Gasteiger partial charge is 0.183 e. The van der Waals surface area contributed by atoms with Crippen molar-refractivity contribution in [2.24, 2.45) is 5.73 Å². The molecule has 1 fully saturated rings. The van der Waals surface area contributed by atoms with Crippen molar-refractivity contribution in [3.05, 3.63) is 65.2 Å². The molecule has 2 aromatic rings. The van der Waals surface area contributed by atoms with Crippen LogP contribution >= 0.6 is 11.6 Å². The molecule has 0 amide bonds. The van der Waals surface area contributed by atoms with Crippen molar-refractivity contribution < 1.29 is 8.42 Å². The molecule has 3 rings (SSSR count). The largest absolute Gasteiger partial charge is 0.326 e. The van der Waals surface area contributed by atoms with Crippen LogP contribution in [-0.4, -0.2) is 19.7 Å². The molecule has 5 heteroatoms. The summed E-state index contributed by atoms with van der Waals surface area (Å²) >= 11 is 5.95. The average molecular weight is 308 g/mol. The number of hydrogen-bond donors (Lipinski definition) is 1. The van der Waals surface area contributed by atoms with Gasteiger partial charge in [-0.25, -0.2) is 8.42 Å². The van der Waals surface area contributed by atoms with E-state index in [0.29, 0.717) is 9.92 Å². The summed E-state index contributed by atoms with van der Waals surface area (Å²) in [6, 6.07) is 15.3. The summed E-state index contributed by atoms with van der Waals surface area (Å²) in [4.78, 5) is 0.324. The number of benzene rings is 2. The molecule has 104 valence electrons. The molecule has 20 heavy (non-hydrogen) atoms. The van der Waals surface area contributed by atoms with E-state index in [1.54, 1.807) is 42.5 Å². The van der Waals surface area contributed by atoms with Crippen molar-refractivity contribution in [1.29, 1.82) is 0 Å². The molecule has 0 spiro atoms. The highest BCUT2D eigenvalue weighted by atomic mass is 35.5. The minimum Gasteiger partial charge on any atom is -0.326 e. The lowest BCUT2D eigenvalue weighted by Crippen LogP contribution is -2.15. The van der Waals surface area contributed by atoms with Crippen LogP contribution in [0.15, 0.2) is 59.5 Å². The molecule has 0 aromatic heterocycles. The van der Waals surface area contributed by atoms with Gasteiger partial charge in [-0.2, -0.15) is 0 Å². The summed E-state index contributed by atoms with van der Waals surface area (Å²) in [6.45, 7) is 0. The van der Waals surface area contributed by atoms with Gasteiger partial charge in [0.1, 0.15) is 0 Å². The molecule has 2 N–H and O–H groups in total. The second-order valence-electron chi connectivity index (χ2n) is 4.98. The van der Waals surface area contributed by atoms with Crippen LogP contribution in [0.1, 0.15) is 11.5 Å². The Labute approximate surface area is 123 Å². The monoisotopic (exact) mass is 307 g/mol. The van der Waals surface area contributed by atoms with Crippen LogP contribution in [0, 0.1) is 0 Å². The van der Waals surface area contributed by atoms with E-state index in [1.165, 1.54) is 0 Å². The SMILES string of the molecule is N[C@H]1[C@@H](c2cccc(Cl)c2)[C@@H]1S(=O)(=O)c1ccccc1. The Hall–Kier alpha value is -1.36. The van der Waals surface area contributed by atoms with Gasteiger partial charge >= 0.3 is 0 Å². The Balaban J connectivity index is 1.94. The molecule has 3 nitrogen and oxygen atoms in total. The number of hydrogen-bond acceptors (Lipinski definition) is 3. The van der Waals surface area contributed by atoms with Gasteiger partial charge in [0.2, 0.25) is 0 Å². The van der Waals surface area contributed by atoms with Gasteiger partial charge < -0.3 is 5.73 Å². The summed E-state index contributed by atoms with van der Waals surface area (Å²) in [5.74, 6) is -0.182. The van der Waals surface area contributed by atoms with Crippen molar-refractivity contribution in [3.8, 4) is 0 Å². The van der Waals surface area contributed by atoms with E-state index in [0.717, 1.165) is 5.56 Å². The van der Waals surface area contributed by atoms with E-state index < -0.39 is 15.1 Å². The Morgan fingerprint density at radius 2 is 1.70 bits per heavy atom. The minimum absolute atomic E-state index is 0.182. The third-order valence-corrected chi connectivity index (χ3v) is 6.16. The first-order chi connectivity index (χ1) is 9.51. The molecular weight excluding hydrogens is 294 g/mol. The standard InChI is InChI=1S/C15H14ClNO2S/c16-11-6-4-5-10(9-11)13-14(17)15(13)20(18,19)12-7-2-1-3-8-12/h1-9,13-15H,17H2/t13-,14+,15+/m1/s1. The summed E-state index contributed by atoms with van der Waals surface area (Å²) < 4.78 is 25.1. The molecular formula is C15H14ClNO2S. The molecule has 0 saturated heterocycles. The average Bonchev–Trinajstić information content (AvgIpc) is 3.12. The number of sulfone groups is 1. The van der Waals surface area contributed by atoms with Crippen molar-refractivity contribution in [3.63, 3.8) is 0 Å². The molecule has 0 heterocycles. The lowest BCUT2D eigenvalue weighted by Gasteiger charge is -2.04. The first kappa shape index (κ1) is 13.6. The van der Waals surface area contributed by atoms with Gasteiger partial charge in [0.25, 0.3) is 0 Å². The molecule has 0 unspecified atom stereocenters. The van der Waals surface area contributed by atoms with Crippen molar-refractivity contribution in [1.82, 2.24) is 0 Å². The first-order valence-electron chi connectivity index (χ1n) is 6.32. The molecule has 2 aromatic carbocycles. The van der Waals surface area contributed by atoms with Gasteiger partial charge in [0.05, 0.1) is 10.1 Å². The van der Waals surface area contributed by atoms with Gasteiger partial charge in [-0.15, -0.1) is 0 Å². The zero-order valence-corrected chi connectivity index (χ0v) is 12.2. The normalized spacial score (nSPS) is 25.4. The number of rotatable bonds is 3. The van der Waals surface area contributed by atoms with Crippen LogP contribution in [-0.2, 0) is 9.84 Å². The van der Waals surface area contributed by atoms with Crippen molar-refractivity contribution >= 4 is 21.4 Å². The van der Waals surface area contributed by atoms with Gasteiger partial charge in [-0.05, 0) is 29.8 Å². The summed E-state index contributed by atoms with van der Waals surface area (Å²) in [5.41, 5.74) is 6.88. The van der Waals surface area contributed by atoms with Crippen molar-refractivity contribution in [2.45, 2.75) is 22.1 Å². The molecule has 0 aliphatic heterocycles. The highest BCUT2D eigenvalue weighted by Gasteiger charge is 2.57. The predicted octanol–water partition coefficient (Wildman–Crippen LogP) is 2.61. The van der Waals surface area contributed by atoms with Crippen LogP contribution < -0.4 is 5.73 Å². The molecule has 0 bridgehead atoms. The van der Waals surface area contributed by atoms with E-state index in [-0.39, 0.29) is 12.0 Å². The second kappa shape index (κ2) is 4.88. The zero-order chi connectivity index (χ0) is 14.3. The van der Waals surface area contributed by atoms with E-state index in [4.69, 9.17) is 17.3 Å². The molecule has 1 aliphatic carbocycles. The van der Waals surface area contributed by atoms with Crippen LogP contribution in [0.3, 0.4) is 0 Å². The van der Waals surface area contributed by atoms with Gasteiger partial charge in [0, 0.05) is 17.0 Å². The first-order valence-corrected chi connectivity index (χ1v) is 8.24. The quantitative estimate of drug-likeness (QED) is 0.948. The number of nitrogens with two attached hydrogens (primary N) is 1. The third kappa shape index (κ3) is 2.24. The lowest BCUT2D eigenvalue weighted by atomic mass is 10.1. The van der Waals surface area contributed by atoms with Gasteiger partial charge in [-0.1, -0.05) is 41.9 Å². The van der Waals surface area contributed by atoms with E-state index in [2.05, 4.69) is 0 Å². The highest BCUT2D eigenvalue weighted by Crippen LogP contribution is 2.47. The third-order valence-electron chi connectivity index (χ3n) is 3.67. The highest BCUT2D eigenvalue weighted by molar-refractivity contribution is 7.92. The fraction of sp³-hybridized carbons (Fsp3) is 0.200. The topological polar surface area (TPSA) is 60.2 Å². The molecule has 0 radical (unpaired) electrons. The predicted molar refractivity (Wildman–Crippen MR) is 79.6 cm³/mol. The maximum Gasteiger partial charge on any atom is 0.183 e.